The fourth-order valence-corrected chi connectivity index (χ4v) is 5.21. The molecule has 2 fully saturated rings. The van der Waals surface area contributed by atoms with Gasteiger partial charge in [0.15, 0.2) is 0 Å². The fourth-order valence-electron chi connectivity index (χ4n) is 5.21. The van der Waals surface area contributed by atoms with Gasteiger partial charge in [0.25, 0.3) is 0 Å². The summed E-state index contributed by atoms with van der Waals surface area (Å²) in [6, 6.07) is 12.8. The average Bonchev–Trinajstić information content (AvgIpc) is 3.39. The van der Waals surface area contributed by atoms with Crippen LogP contribution in [0.4, 0.5) is 4.39 Å². The summed E-state index contributed by atoms with van der Waals surface area (Å²) in [6.07, 6.45) is 14.6. The second kappa shape index (κ2) is 10.2. The number of carbonyl (C=O) groups is 1. The molecule has 32 heavy (non-hydrogen) atoms. The third kappa shape index (κ3) is 4.83. The lowest BCUT2D eigenvalue weighted by Gasteiger charge is -2.38. The summed E-state index contributed by atoms with van der Waals surface area (Å²) in [7, 11) is 1.42. The van der Waals surface area contributed by atoms with Gasteiger partial charge in [-0.2, -0.15) is 0 Å². The number of allylic oxidation sites excluding steroid dienone is 2. The maximum atomic E-state index is 13.6. The zero-order chi connectivity index (χ0) is 22.4. The van der Waals surface area contributed by atoms with E-state index >= 15 is 0 Å². The molecule has 1 saturated heterocycles. The van der Waals surface area contributed by atoms with Crippen molar-refractivity contribution in [2.45, 2.75) is 43.6 Å². The van der Waals surface area contributed by atoms with Gasteiger partial charge in [-0.1, -0.05) is 36.4 Å². The Hall–Kier alpha value is -2.79. The maximum absolute atomic E-state index is 13.6. The van der Waals surface area contributed by atoms with Crippen LogP contribution in [0, 0.1) is 17.7 Å². The molecule has 0 amide bonds. The number of rotatable bonds is 9. The first-order chi connectivity index (χ1) is 15.6. The maximum Gasteiger partial charge on any atom is 0.305 e. The van der Waals surface area contributed by atoms with E-state index in [0.717, 1.165) is 36.9 Å². The Morgan fingerprint density at radius 2 is 2.09 bits per heavy atom. The van der Waals surface area contributed by atoms with Gasteiger partial charge in [0.05, 0.1) is 25.5 Å². The molecule has 5 heteroatoms. The quantitative estimate of drug-likeness (QED) is 0.297. The number of ether oxygens (including phenoxy) is 2. The molecule has 0 unspecified atom stereocenters. The minimum atomic E-state index is -0.215. The van der Waals surface area contributed by atoms with E-state index in [0.29, 0.717) is 18.9 Å². The highest BCUT2D eigenvalue weighted by molar-refractivity contribution is 5.69. The van der Waals surface area contributed by atoms with Crippen molar-refractivity contribution in [2.24, 2.45) is 11.8 Å². The molecule has 2 bridgehead atoms. The van der Waals surface area contributed by atoms with Crippen molar-refractivity contribution in [3.8, 4) is 0 Å². The number of pyridine rings is 1. The summed E-state index contributed by atoms with van der Waals surface area (Å²) in [5.41, 5.74) is 1.97. The van der Waals surface area contributed by atoms with Crippen LogP contribution >= 0.6 is 0 Å². The number of unbranched alkanes of at least 4 members (excludes halogenated alkanes) is 1. The normalized spacial score (nSPS) is 26.9. The van der Waals surface area contributed by atoms with Gasteiger partial charge in [0.1, 0.15) is 5.82 Å². The van der Waals surface area contributed by atoms with Crippen molar-refractivity contribution in [3.63, 3.8) is 0 Å². The standard InChI is InChI=1S/C27H30FNO3/c1-31-26(30)10-5-3-2-4-9-24-23(16-15-22-8-6-7-17-29-22)25-18-27(24,19-32-25)20-11-13-21(28)14-12-20/h2,4,6-8,11-17,23-25H,3,5,9-10,18-19H2,1H3/b4-2-,16-15?/t23-,24-,25-,27-/m0/s1. The van der Waals surface area contributed by atoms with Crippen LogP contribution in [0.2, 0.25) is 0 Å². The SMILES string of the molecule is COC(=O)CCC/C=C\C[C@H]1[C@H](C=Cc2ccccn2)[C@@H]2C[C@@]1(c1ccc(F)cc1)CO2. The average molecular weight is 436 g/mol. The van der Waals surface area contributed by atoms with Crippen LogP contribution in [0.15, 0.2) is 66.9 Å². The molecule has 2 heterocycles. The Kier molecular flexibility index (Phi) is 7.15. The fraction of sp³-hybridized carbons (Fsp3) is 0.407. The highest BCUT2D eigenvalue weighted by Crippen LogP contribution is 2.57. The largest absolute Gasteiger partial charge is 0.469 e. The van der Waals surface area contributed by atoms with Gasteiger partial charge in [0, 0.05) is 24.0 Å². The number of fused-ring (bicyclic) bond motifs is 2. The third-order valence-electron chi connectivity index (χ3n) is 6.86. The van der Waals surface area contributed by atoms with Crippen molar-refractivity contribution >= 4 is 12.0 Å². The minimum absolute atomic E-state index is 0.117. The van der Waals surface area contributed by atoms with Gasteiger partial charge in [-0.3, -0.25) is 9.78 Å². The molecule has 1 aromatic heterocycles. The molecule has 4 atom stereocenters. The van der Waals surface area contributed by atoms with Gasteiger partial charge < -0.3 is 9.47 Å². The van der Waals surface area contributed by atoms with Crippen LogP contribution in [0.1, 0.15) is 43.4 Å². The number of carbonyl (C=O) groups excluding carboxylic acids is 1. The van der Waals surface area contributed by atoms with Crippen LogP contribution < -0.4 is 0 Å². The second-order valence-corrected chi connectivity index (χ2v) is 8.69. The van der Waals surface area contributed by atoms with E-state index in [1.165, 1.54) is 7.11 Å². The summed E-state index contributed by atoms with van der Waals surface area (Å²) in [4.78, 5) is 15.7. The highest BCUT2D eigenvalue weighted by atomic mass is 19.1. The number of aromatic nitrogens is 1. The Labute approximate surface area is 189 Å². The Morgan fingerprint density at radius 1 is 1.25 bits per heavy atom. The number of benzene rings is 1. The molecule has 168 valence electrons. The lowest BCUT2D eigenvalue weighted by Crippen LogP contribution is -2.39. The van der Waals surface area contributed by atoms with Crippen LogP contribution in [-0.4, -0.2) is 30.8 Å². The molecule has 0 N–H and O–H groups in total. The first-order valence-electron chi connectivity index (χ1n) is 11.3. The van der Waals surface area contributed by atoms with Crippen molar-refractivity contribution in [3.05, 3.63) is 84.0 Å². The molecule has 1 aromatic carbocycles. The highest BCUT2D eigenvalue weighted by Gasteiger charge is 2.58. The van der Waals surface area contributed by atoms with E-state index in [2.05, 4.69) is 29.3 Å². The summed E-state index contributed by atoms with van der Waals surface area (Å²) in [6.45, 7) is 0.665. The zero-order valence-corrected chi connectivity index (χ0v) is 18.5. The van der Waals surface area contributed by atoms with Crippen LogP contribution in [0.25, 0.3) is 6.08 Å². The van der Waals surface area contributed by atoms with Gasteiger partial charge in [-0.05, 0) is 67.5 Å². The molecule has 0 spiro atoms. The number of hydrogen-bond donors (Lipinski definition) is 0. The molecule has 4 nitrogen and oxygen atoms in total. The molecular weight excluding hydrogens is 405 g/mol. The Bertz CT molecular complexity index is 957. The lowest BCUT2D eigenvalue weighted by molar-refractivity contribution is -0.140. The molecule has 1 aliphatic carbocycles. The van der Waals surface area contributed by atoms with Gasteiger partial charge >= 0.3 is 5.97 Å². The molecule has 2 aliphatic rings. The van der Waals surface area contributed by atoms with Crippen molar-refractivity contribution in [1.82, 2.24) is 4.98 Å². The summed E-state index contributed by atoms with van der Waals surface area (Å²) in [5.74, 6) is 0.227. The number of nitrogens with zero attached hydrogens (tertiary/aromatic N) is 1. The van der Waals surface area contributed by atoms with E-state index < -0.39 is 0 Å². The van der Waals surface area contributed by atoms with E-state index in [1.54, 1.807) is 18.3 Å². The Morgan fingerprint density at radius 3 is 2.84 bits per heavy atom. The van der Waals surface area contributed by atoms with E-state index in [-0.39, 0.29) is 29.2 Å². The second-order valence-electron chi connectivity index (χ2n) is 8.69. The number of methoxy groups -OCH3 is 1. The molecule has 1 aliphatic heterocycles. The number of esters is 1. The molecule has 2 aromatic rings. The zero-order valence-electron chi connectivity index (χ0n) is 18.5. The Balaban J connectivity index is 1.52. The lowest BCUT2D eigenvalue weighted by atomic mass is 9.69. The number of halogens is 1. The predicted octanol–water partition coefficient (Wildman–Crippen LogP) is 5.50. The molecule has 4 rings (SSSR count). The van der Waals surface area contributed by atoms with Crippen molar-refractivity contribution < 1.29 is 18.7 Å². The third-order valence-corrected chi connectivity index (χ3v) is 6.86. The smallest absolute Gasteiger partial charge is 0.305 e. The summed E-state index contributed by atoms with van der Waals surface area (Å²) >= 11 is 0. The predicted molar refractivity (Wildman–Crippen MR) is 122 cm³/mol. The van der Waals surface area contributed by atoms with E-state index in [1.807, 2.05) is 30.3 Å². The molecular formula is C27H30FNO3. The van der Waals surface area contributed by atoms with Crippen LogP contribution in [0.3, 0.4) is 0 Å². The number of hydrogen-bond acceptors (Lipinski definition) is 4. The molecule has 1 saturated carbocycles. The first-order valence-corrected chi connectivity index (χ1v) is 11.3. The monoisotopic (exact) mass is 435 g/mol. The first kappa shape index (κ1) is 22.4. The minimum Gasteiger partial charge on any atom is -0.469 e. The van der Waals surface area contributed by atoms with Crippen LogP contribution in [0.5, 0.6) is 0 Å². The van der Waals surface area contributed by atoms with Gasteiger partial charge in [0.2, 0.25) is 0 Å². The topological polar surface area (TPSA) is 48.4 Å². The van der Waals surface area contributed by atoms with E-state index in [9.17, 15) is 9.18 Å². The van der Waals surface area contributed by atoms with Crippen molar-refractivity contribution in [2.75, 3.05) is 13.7 Å². The van der Waals surface area contributed by atoms with E-state index in [4.69, 9.17) is 9.47 Å². The summed E-state index contributed by atoms with van der Waals surface area (Å²) < 4.78 is 24.5. The van der Waals surface area contributed by atoms with Crippen LogP contribution in [-0.2, 0) is 19.7 Å². The summed E-state index contributed by atoms with van der Waals surface area (Å²) in [5, 5.41) is 0. The van der Waals surface area contributed by atoms with Crippen molar-refractivity contribution in [1.29, 1.82) is 0 Å². The molecule has 0 radical (unpaired) electrons. The van der Waals surface area contributed by atoms with Gasteiger partial charge in [-0.15, -0.1) is 0 Å². The van der Waals surface area contributed by atoms with Gasteiger partial charge in [-0.25, -0.2) is 4.39 Å².